The number of hydrogen-bond donors (Lipinski definition) is 3. The molecule has 1 fully saturated rings. The fourth-order valence-electron chi connectivity index (χ4n) is 2.99. The molecule has 4 nitrogen and oxygen atoms in total. The van der Waals surface area contributed by atoms with E-state index in [9.17, 15) is 5.11 Å². The summed E-state index contributed by atoms with van der Waals surface area (Å²) < 4.78 is 5.82. The van der Waals surface area contributed by atoms with Gasteiger partial charge in [-0.15, -0.1) is 0 Å². The van der Waals surface area contributed by atoms with Crippen LogP contribution in [-0.2, 0) is 6.42 Å². The fraction of sp³-hybridized carbons (Fsp3) is 0.368. The summed E-state index contributed by atoms with van der Waals surface area (Å²) in [6.07, 6.45) is 0.909. The van der Waals surface area contributed by atoms with E-state index < -0.39 is 0 Å². The maximum absolute atomic E-state index is 9.31. The molecule has 0 spiro atoms. The summed E-state index contributed by atoms with van der Waals surface area (Å²) in [5.41, 5.74) is 8.89. The maximum atomic E-state index is 9.31. The smallest absolute Gasteiger partial charge is 0.119 e. The molecule has 2 aromatic carbocycles. The van der Waals surface area contributed by atoms with Crippen molar-refractivity contribution in [2.45, 2.75) is 25.4 Å². The van der Waals surface area contributed by atoms with Crippen molar-refractivity contribution in [3.05, 3.63) is 65.7 Å². The van der Waals surface area contributed by atoms with Crippen LogP contribution in [0.1, 0.15) is 24.1 Å². The Morgan fingerprint density at radius 2 is 1.74 bits per heavy atom. The highest BCUT2D eigenvalue weighted by Gasteiger charge is 2.32. The lowest BCUT2D eigenvalue weighted by molar-refractivity contribution is 0.228. The number of ether oxygens (including phenoxy) is 1. The second-order valence-electron chi connectivity index (χ2n) is 6.07. The minimum absolute atomic E-state index is 0.0989. The third kappa shape index (κ3) is 3.91. The quantitative estimate of drug-likeness (QED) is 0.767. The van der Waals surface area contributed by atoms with Crippen LogP contribution in [0, 0.1) is 5.92 Å². The van der Waals surface area contributed by atoms with Gasteiger partial charge in [-0.05, 0) is 29.2 Å². The van der Waals surface area contributed by atoms with E-state index in [0.29, 0.717) is 12.5 Å². The second-order valence-corrected chi connectivity index (χ2v) is 6.07. The summed E-state index contributed by atoms with van der Waals surface area (Å²) in [6.45, 7) is 2.96. The number of nitrogens with one attached hydrogen (secondary N) is 2. The van der Waals surface area contributed by atoms with Crippen LogP contribution >= 0.6 is 0 Å². The molecular weight excluding hydrogens is 288 g/mol. The molecule has 122 valence electrons. The molecule has 23 heavy (non-hydrogen) atoms. The van der Waals surface area contributed by atoms with Gasteiger partial charge in [0.2, 0.25) is 0 Å². The normalized spacial score (nSPS) is 23.8. The Labute approximate surface area is 137 Å². The molecule has 1 aliphatic heterocycles. The molecule has 3 atom stereocenters. The minimum atomic E-state index is 0.0989. The molecule has 3 N–H and O–H groups in total. The topological polar surface area (TPSA) is 53.5 Å². The molecule has 3 rings (SSSR count). The van der Waals surface area contributed by atoms with Crippen molar-refractivity contribution in [3.8, 4) is 5.75 Å². The fourth-order valence-corrected chi connectivity index (χ4v) is 2.99. The monoisotopic (exact) mass is 312 g/mol. The van der Waals surface area contributed by atoms with Crippen molar-refractivity contribution >= 4 is 0 Å². The number of aliphatic hydroxyl groups is 1. The summed E-state index contributed by atoms with van der Waals surface area (Å²) in [5, 5.41) is 9.31. The van der Waals surface area contributed by atoms with E-state index in [0.717, 1.165) is 12.2 Å². The van der Waals surface area contributed by atoms with Crippen LogP contribution in [0.15, 0.2) is 54.6 Å². The average molecular weight is 312 g/mol. The summed E-state index contributed by atoms with van der Waals surface area (Å²) in [5.74, 6) is 1.23. The van der Waals surface area contributed by atoms with Gasteiger partial charge in [0.25, 0.3) is 0 Å². The van der Waals surface area contributed by atoms with Crippen molar-refractivity contribution in [2.75, 3.05) is 13.2 Å². The Balaban J connectivity index is 1.53. The summed E-state index contributed by atoms with van der Waals surface area (Å²) >= 11 is 0. The van der Waals surface area contributed by atoms with Gasteiger partial charge in [0.15, 0.2) is 0 Å². The Morgan fingerprint density at radius 1 is 1.00 bits per heavy atom. The molecule has 0 aliphatic carbocycles. The lowest BCUT2D eigenvalue weighted by atomic mass is 9.91. The minimum Gasteiger partial charge on any atom is -0.493 e. The molecule has 0 saturated carbocycles. The van der Waals surface area contributed by atoms with Crippen LogP contribution in [0.5, 0.6) is 5.75 Å². The summed E-state index contributed by atoms with van der Waals surface area (Å²) in [4.78, 5) is 0. The van der Waals surface area contributed by atoms with Gasteiger partial charge < -0.3 is 9.84 Å². The molecule has 0 radical (unpaired) electrons. The largest absolute Gasteiger partial charge is 0.493 e. The maximum Gasteiger partial charge on any atom is 0.119 e. The van der Waals surface area contributed by atoms with Gasteiger partial charge in [-0.1, -0.05) is 49.4 Å². The first-order valence-corrected chi connectivity index (χ1v) is 8.16. The lowest BCUT2D eigenvalue weighted by Crippen LogP contribution is -2.34. The second kappa shape index (κ2) is 7.59. The van der Waals surface area contributed by atoms with E-state index in [2.05, 4.69) is 42.0 Å². The van der Waals surface area contributed by atoms with Crippen LogP contribution in [-0.4, -0.2) is 24.4 Å². The van der Waals surface area contributed by atoms with Gasteiger partial charge in [-0.25, -0.2) is 5.43 Å². The van der Waals surface area contributed by atoms with Gasteiger partial charge in [-0.3, -0.25) is 5.43 Å². The standard InChI is InChI=1S/C19H24N2O2/c1-14-18(13-22)20-21-19(14)16-7-9-17(10-8-16)23-12-11-15-5-3-2-4-6-15/h2-10,14,18-22H,11-13H2,1H3. The van der Waals surface area contributed by atoms with Crippen molar-refractivity contribution in [3.63, 3.8) is 0 Å². The van der Waals surface area contributed by atoms with Crippen LogP contribution in [0.4, 0.5) is 0 Å². The predicted octanol–water partition coefficient (Wildman–Crippen LogP) is 2.45. The third-order valence-electron chi connectivity index (χ3n) is 4.52. The average Bonchev–Trinajstić information content (AvgIpc) is 2.97. The molecule has 1 aliphatic rings. The summed E-state index contributed by atoms with van der Waals surface area (Å²) in [7, 11) is 0. The van der Waals surface area contributed by atoms with E-state index in [1.165, 1.54) is 11.1 Å². The van der Waals surface area contributed by atoms with Crippen molar-refractivity contribution in [1.82, 2.24) is 10.9 Å². The predicted molar refractivity (Wildman–Crippen MR) is 91.1 cm³/mol. The van der Waals surface area contributed by atoms with Crippen molar-refractivity contribution in [2.24, 2.45) is 5.92 Å². The zero-order valence-electron chi connectivity index (χ0n) is 13.4. The van der Waals surface area contributed by atoms with Crippen LogP contribution in [0.2, 0.25) is 0 Å². The molecular formula is C19H24N2O2. The number of aliphatic hydroxyl groups excluding tert-OH is 1. The highest BCUT2D eigenvalue weighted by Crippen LogP contribution is 2.29. The van der Waals surface area contributed by atoms with Crippen molar-refractivity contribution in [1.29, 1.82) is 0 Å². The van der Waals surface area contributed by atoms with Crippen LogP contribution in [0.3, 0.4) is 0 Å². The molecule has 0 amide bonds. The van der Waals surface area contributed by atoms with E-state index in [1.807, 2.05) is 30.3 Å². The zero-order chi connectivity index (χ0) is 16.1. The molecule has 0 aromatic heterocycles. The Bertz CT molecular complexity index is 601. The van der Waals surface area contributed by atoms with Crippen LogP contribution < -0.4 is 15.6 Å². The number of hydrazine groups is 1. The third-order valence-corrected chi connectivity index (χ3v) is 4.52. The van der Waals surface area contributed by atoms with E-state index >= 15 is 0 Å². The summed E-state index contributed by atoms with van der Waals surface area (Å²) in [6, 6.07) is 18.9. The van der Waals surface area contributed by atoms with Gasteiger partial charge >= 0.3 is 0 Å². The van der Waals surface area contributed by atoms with Gasteiger partial charge in [0.05, 0.1) is 19.3 Å². The molecule has 4 heteroatoms. The molecule has 1 heterocycles. The molecule has 2 aromatic rings. The lowest BCUT2D eigenvalue weighted by Gasteiger charge is -2.17. The molecule has 0 bridgehead atoms. The highest BCUT2D eigenvalue weighted by atomic mass is 16.5. The Kier molecular flexibility index (Phi) is 5.28. The number of rotatable bonds is 6. The Hall–Kier alpha value is -1.88. The number of hydrogen-bond acceptors (Lipinski definition) is 4. The molecule has 1 saturated heterocycles. The van der Waals surface area contributed by atoms with Gasteiger partial charge in [0.1, 0.15) is 5.75 Å². The van der Waals surface area contributed by atoms with Gasteiger partial charge in [-0.2, -0.15) is 0 Å². The highest BCUT2D eigenvalue weighted by molar-refractivity contribution is 5.30. The SMILES string of the molecule is CC1C(CO)NNC1c1ccc(OCCc2ccccc2)cc1. The van der Waals surface area contributed by atoms with E-state index in [4.69, 9.17) is 4.74 Å². The van der Waals surface area contributed by atoms with Crippen LogP contribution in [0.25, 0.3) is 0 Å². The molecule has 3 unspecified atom stereocenters. The van der Waals surface area contributed by atoms with E-state index in [-0.39, 0.29) is 18.7 Å². The van der Waals surface area contributed by atoms with Crippen molar-refractivity contribution < 1.29 is 9.84 Å². The Morgan fingerprint density at radius 3 is 2.39 bits per heavy atom. The first kappa shape index (κ1) is 16.0. The first-order valence-electron chi connectivity index (χ1n) is 8.16. The first-order chi connectivity index (χ1) is 11.3. The van der Waals surface area contributed by atoms with Gasteiger partial charge in [0, 0.05) is 12.5 Å². The number of benzene rings is 2. The van der Waals surface area contributed by atoms with E-state index in [1.54, 1.807) is 0 Å². The zero-order valence-corrected chi connectivity index (χ0v) is 13.4.